The van der Waals surface area contributed by atoms with Crippen LogP contribution in [0.2, 0.25) is 10.2 Å². The molecule has 0 aliphatic heterocycles. The van der Waals surface area contributed by atoms with Crippen LogP contribution >= 0.6 is 23.2 Å². The Bertz CT molecular complexity index is 263. The molecule has 0 saturated heterocycles. The zero-order valence-electron chi connectivity index (χ0n) is 6.77. The van der Waals surface area contributed by atoms with E-state index < -0.39 is 0 Å². The van der Waals surface area contributed by atoms with Gasteiger partial charge in [-0.2, -0.15) is 0 Å². The Morgan fingerprint density at radius 3 is 2.83 bits per heavy atom. The van der Waals surface area contributed by atoms with E-state index in [0.29, 0.717) is 10.2 Å². The number of hydrogen-bond acceptors (Lipinski definition) is 2. The Hall–Kier alpha value is -0.310. The van der Waals surface area contributed by atoms with Crippen molar-refractivity contribution >= 4 is 23.2 Å². The Labute approximate surface area is 81.9 Å². The van der Waals surface area contributed by atoms with E-state index >= 15 is 0 Å². The van der Waals surface area contributed by atoms with E-state index in [4.69, 9.17) is 23.2 Å². The first-order valence-corrected chi connectivity index (χ1v) is 4.44. The van der Waals surface area contributed by atoms with Crippen LogP contribution in [0.5, 0.6) is 0 Å². The fraction of sp³-hybridized carbons (Fsp3) is 0.375. The molecule has 4 heteroatoms. The van der Waals surface area contributed by atoms with Crippen molar-refractivity contribution in [3.8, 4) is 0 Å². The van der Waals surface area contributed by atoms with E-state index in [1.807, 2.05) is 7.05 Å². The molecule has 1 N–H and O–H groups in total. The molecule has 66 valence electrons. The maximum Gasteiger partial charge on any atom is 0.130 e. The molecule has 0 radical (unpaired) electrons. The van der Waals surface area contributed by atoms with Gasteiger partial charge in [-0.05, 0) is 31.6 Å². The lowest BCUT2D eigenvalue weighted by Crippen LogP contribution is -2.10. The van der Waals surface area contributed by atoms with Crippen molar-refractivity contribution in [2.45, 2.75) is 6.42 Å². The van der Waals surface area contributed by atoms with E-state index in [2.05, 4.69) is 10.3 Å². The molecule has 0 saturated carbocycles. The summed E-state index contributed by atoms with van der Waals surface area (Å²) in [6, 6.07) is 1.66. The SMILES string of the molecule is CNCCc1cnc(Cl)cc1Cl. The number of nitrogens with one attached hydrogen (secondary N) is 1. The zero-order valence-corrected chi connectivity index (χ0v) is 8.28. The molecule has 0 spiro atoms. The summed E-state index contributed by atoms with van der Waals surface area (Å²) in [6.07, 6.45) is 2.58. The molecule has 0 aliphatic carbocycles. The van der Waals surface area contributed by atoms with Crippen molar-refractivity contribution in [3.63, 3.8) is 0 Å². The molecule has 0 fully saturated rings. The third-order valence-corrected chi connectivity index (χ3v) is 2.10. The number of nitrogens with zero attached hydrogens (tertiary/aromatic N) is 1. The third kappa shape index (κ3) is 2.63. The predicted molar refractivity (Wildman–Crippen MR) is 51.9 cm³/mol. The van der Waals surface area contributed by atoms with Crippen molar-refractivity contribution in [3.05, 3.63) is 28.0 Å². The second-order valence-electron chi connectivity index (χ2n) is 2.45. The predicted octanol–water partition coefficient (Wildman–Crippen LogP) is 2.15. The third-order valence-electron chi connectivity index (χ3n) is 1.54. The monoisotopic (exact) mass is 204 g/mol. The van der Waals surface area contributed by atoms with Gasteiger partial charge in [-0.25, -0.2) is 4.98 Å². The lowest BCUT2D eigenvalue weighted by Gasteiger charge is -2.02. The Kier molecular flexibility index (Phi) is 3.79. The minimum atomic E-state index is 0.438. The molecular weight excluding hydrogens is 195 g/mol. The van der Waals surface area contributed by atoms with Gasteiger partial charge in [0, 0.05) is 11.2 Å². The molecule has 0 atom stereocenters. The molecule has 1 aromatic rings. The summed E-state index contributed by atoms with van der Waals surface area (Å²) < 4.78 is 0. The van der Waals surface area contributed by atoms with Crippen molar-refractivity contribution in [1.29, 1.82) is 0 Å². The van der Waals surface area contributed by atoms with Crippen LogP contribution in [-0.4, -0.2) is 18.6 Å². The van der Waals surface area contributed by atoms with E-state index in [9.17, 15) is 0 Å². The molecule has 1 heterocycles. The molecule has 0 aromatic carbocycles. The van der Waals surface area contributed by atoms with Crippen molar-refractivity contribution in [2.75, 3.05) is 13.6 Å². The average molecular weight is 205 g/mol. The first-order valence-electron chi connectivity index (χ1n) is 3.68. The quantitative estimate of drug-likeness (QED) is 0.764. The molecule has 0 unspecified atom stereocenters. The molecule has 2 nitrogen and oxygen atoms in total. The molecule has 0 bridgehead atoms. The van der Waals surface area contributed by atoms with Crippen LogP contribution in [0.3, 0.4) is 0 Å². The van der Waals surface area contributed by atoms with Crippen molar-refractivity contribution in [2.24, 2.45) is 0 Å². The van der Waals surface area contributed by atoms with E-state index in [-0.39, 0.29) is 0 Å². The van der Waals surface area contributed by atoms with Gasteiger partial charge < -0.3 is 5.32 Å². The van der Waals surface area contributed by atoms with Crippen LogP contribution in [0, 0.1) is 0 Å². The molecule has 0 amide bonds. The largest absolute Gasteiger partial charge is 0.319 e. The van der Waals surface area contributed by atoms with Crippen LogP contribution in [0.15, 0.2) is 12.3 Å². The van der Waals surface area contributed by atoms with Crippen molar-refractivity contribution in [1.82, 2.24) is 10.3 Å². The summed E-state index contributed by atoms with van der Waals surface area (Å²) in [7, 11) is 1.90. The number of likely N-dealkylation sites (N-methyl/N-ethyl adjacent to an activating group) is 1. The summed E-state index contributed by atoms with van der Waals surface area (Å²) in [4.78, 5) is 3.95. The van der Waals surface area contributed by atoms with E-state index in [1.165, 1.54) is 0 Å². The fourth-order valence-corrected chi connectivity index (χ4v) is 1.34. The van der Waals surface area contributed by atoms with Gasteiger partial charge in [0.25, 0.3) is 0 Å². The summed E-state index contributed by atoms with van der Waals surface area (Å²) in [5, 5.41) is 4.16. The van der Waals surface area contributed by atoms with Gasteiger partial charge in [-0.15, -0.1) is 0 Å². The van der Waals surface area contributed by atoms with Crippen LogP contribution in [0.25, 0.3) is 0 Å². The number of hydrogen-bond donors (Lipinski definition) is 1. The Balaban J connectivity index is 2.72. The molecule has 0 aliphatic rings. The highest BCUT2D eigenvalue weighted by molar-refractivity contribution is 6.34. The summed E-state index contributed by atoms with van der Waals surface area (Å²) in [6.45, 7) is 0.892. The van der Waals surface area contributed by atoms with Gasteiger partial charge in [-0.3, -0.25) is 0 Å². The second-order valence-corrected chi connectivity index (χ2v) is 3.25. The van der Waals surface area contributed by atoms with Gasteiger partial charge in [0.15, 0.2) is 0 Å². The van der Waals surface area contributed by atoms with Gasteiger partial charge in [0.05, 0.1) is 0 Å². The highest BCUT2D eigenvalue weighted by Crippen LogP contribution is 2.18. The minimum absolute atomic E-state index is 0.438. The number of rotatable bonds is 3. The van der Waals surface area contributed by atoms with Crippen molar-refractivity contribution < 1.29 is 0 Å². The molecular formula is C8H10Cl2N2. The zero-order chi connectivity index (χ0) is 8.97. The number of pyridine rings is 1. The van der Waals surface area contributed by atoms with Crippen LogP contribution in [-0.2, 0) is 6.42 Å². The number of aromatic nitrogens is 1. The summed E-state index contributed by atoms with van der Waals surface area (Å²) in [5.74, 6) is 0. The highest BCUT2D eigenvalue weighted by atomic mass is 35.5. The lowest BCUT2D eigenvalue weighted by molar-refractivity contribution is 0.789. The van der Waals surface area contributed by atoms with Gasteiger partial charge >= 0.3 is 0 Å². The highest BCUT2D eigenvalue weighted by Gasteiger charge is 2.00. The maximum atomic E-state index is 5.91. The van der Waals surface area contributed by atoms with E-state index in [1.54, 1.807) is 12.3 Å². The maximum absolute atomic E-state index is 5.91. The lowest BCUT2D eigenvalue weighted by atomic mass is 10.2. The van der Waals surface area contributed by atoms with Crippen LogP contribution in [0.1, 0.15) is 5.56 Å². The fourth-order valence-electron chi connectivity index (χ4n) is 0.879. The van der Waals surface area contributed by atoms with Gasteiger partial charge in [0.2, 0.25) is 0 Å². The topological polar surface area (TPSA) is 24.9 Å². The normalized spacial score (nSPS) is 10.2. The Morgan fingerprint density at radius 2 is 2.25 bits per heavy atom. The standard InChI is InChI=1S/C8H10Cl2N2/c1-11-3-2-6-5-12-8(10)4-7(6)9/h4-5,11H,2-3H2,1H3. The Morgan fingerprint density at radius 1 is 1.50 bits per heavy atom. The van der Waals surface area contributed by atoms with Gasteiger partial charge in [-0.1, -0.05) is 23.2 Å². The first-order chi connectivity index (χ1) is 5.74. The minimum Gasteiger partial charge on any atom is -0.319 e. The van der Waals surface area contributed by atoms with Gasteiger partial charge in [0.1, 0.15) is 5.15 Å². The van der Waals surface area contributed by atoms with Crippen LogP contribution in [0.4, 0.5) is 0 Å². The smallest absolute Gasteiger partial charge is 0.130 e. The second kappa shape index (κ2) is 4.65. The summed E-state index contributed by atoms with van der Waals surface area (Å²) >= 11 is 11.6. The summed E-state index contributed by atoms with van der Waals surface area (Å²) in [5.41, 5.74) is 1.02. The molecule has 1 rings (SSSR count). The first kappa shape index (κ1) is 9.78. The molecule has 12 heavy (non-hydrogen) atoms. The van der Waals surface area contributed by atoms with Crippen LogP contribution < -0.4 is 5.32 Å². The average Bonchev–Trinajstić information content (AvgIpc) is 2.03. The van der Waals surface area contributed by atoms with E-state index in [0.717, 1.165) is 18.5 Å². The number of halogens is 2. The molecule has 1 aromatic heterocycles.